The Balaban J connectivity index is 1.36. The average Bonchev–Trinajstić information content (AvgIpc) is 3.40. The van der Waals surface area contributed by atoms with Gasteiger partial charge in [-0.3, -0.25) is 18.7 Å². The van der Waals surface area contributed by atoms with Gasteiger partial charge in [0.15, 0.2) is 11.2 Å². The summed E-state index contributed by atoms with van der Waals surface area (Å²) in [6.07, 6.45) is 7.89. The minimum atomic E-state index is -0.392. The van der Waals surface area contributed by atoms with E-state index in [2.05, 4.69) is 17.2 Å². The highest BCUT2D eigenvalue weighted by atomic mass is 16.2. The maximum Gasteiger partial charge on any atom is 0.332 e. The van der Waals surface area contributed by atoms with E-state index in [1.807, 2.05) is 0 Å². The number of rotatable bonds is 6. The molecule has 2 heterocycles. The van der Waals surface area contributed by atoms with Crippen LogP contribution in [0.25, 0.3) is 11.2 Å². The van der Waals surface area contributed by atoms with Gasteiger partial charge in [0.25, 0.3) is 5.56 Å². The summed E-state index contributed by atoms with van der Waals surface area (Å²) in [5.74, 6) is 2.37. The molecule has 152 valence electrons. The van der Waals surface area contributed by atoms with Crippen LogP contribution in [0.1, 0.15) is 45.4 Å². The number of hydrogen-bond acceptors (Lipinski definition) is 4. The number of aromatic nitrogens is 4. The topological polar surface area (TPSA) is 90.9 Å². The molecular formula is C20H29N5O3. The first kappa shape index (κ1) is 19.0. The Morgan fingerprint density at radius 2 is 2.04 bits per heavy atom. The summed E-state index contributed by atoms with van der Waals surface area (Å²) < 4.78 is 4.20. The van der Waals surface area contributed by atoms with Crippen molar-refractivity contribution in [2.75, 3.05) is 0 Å². The third-order valence-corrected chi connectivity index (χ3v) is 6.84. The molecule has 4 unspecified atom stereocenters. The number of fused-ring (bicyclic) bond motifs is 3. The van der Waals surface area contributed by atoms with Gasteiger partial charge in [-0.05, 0) is 50.4 Å². The second-order valence-corrected chi connectivity index (χ2v) is 8.61. The molecule has 2 aliphatic rings. The van der Waals surface area contributed by atoms with Crippen LogP contribution in [-0.2, 0) is 25.4 Å². The minimum absolute atomic E-state index is 0.0694. The molecule has 8 nitrogen and oxygen atoms in total. The largest absolute Gasteiger partial charge is 0.353 e. The van der Waals surface area contributed by atoms with Crippen LogP contribution in [0.3, 0.4) is 0 Å². The van der Waals surface area contributed by atoms with Crippen LogP contribution in [0.4, 0.5) is 0 Å². The summed E-state index contributed by atoms with van der Waals surface area (Å²) in [4.78, 5) is 41.0. The summed E-state index contributed by atoms with van der Waals surface area (Å²) >= 11 is 0. The van der Waals surface area contributed by atoms with E-state index in [0.717, 1.165) is 16.4 Å². The molecule has 0 radical (unpaired) electrons. The Morgan fingerprint density at radius 1 is 1.25 bits per heavy atom. The van der Waals surface area contributed by atoms with E-state index >= 15 is 0 Å². The second kappa shape index (κ2) is 7.22. The third-order valence-electron chi connectivity index (χ3n) is 6.84. The van der Waals surface area contributed by atoms with Gasteiger partial charge in [-0.2, -0.15) is 0 Å². The number of nitrogens with one attached hydrogen (secondary N) is 1. The van der Waals surface area contributed by atoms with Crippen molar-refractivity contribution in [3.63, 3.8) is 0 Å². The Labute approximate surface area is 163 Å². The van der Waals surface area contributed by atoms with Gasteiger partial charge < -0.3 is 9.88 Å². The molecule has 0 aromatic carbocycles. The summed E-state index contributed by atoms with van der Waals surface area (Å²) in [6, 6.07) is 0.235. The van der Waals surface area contributed by atoms with Crippen molar-refractivity contribution in [3.05, 3.63) is 27.2 Å². The normalized spacial score (nSPS) is 24.8. The zero-order chi connectivity index (χ0) is 20.0. The molecule has 4 atom stereocenters. The molecule has 4 rings (SSSR count). The van der Waals surface area contributed by atoms with E-state index in [0.29, 0.717) is 36.5 Å². The van der Waals surface area contributed by atoms with Crippen molar-refractivity contribution in [1.82, 2.24) is 24.0 Å². The van der Waals surface area contributed by atoms with Crippen molar-refractivity contribution in [2.45, 2.75) is 58.0 Å². The van der Waals surface area contributed by atoms with Gasteiger partial charge in [-0.15, -0.1) is 0 Å². The van der Waals surface area contributed by atoms with Gasteiger partial charge >= 0.3 is 5.69 Å². The van der Waals surface area contributed by atoms with Gasteiger partial charge in [0, 0.05) is 33.1 Å². The van der Waals surface area contributed by atoms with Gasteiger partial charge in [0.2, 0.25) is 5.91 Å². The van der Waals surface area contributed by atoms with E-state index in [-0.39, 0.29) is 17.5 Å². The fourth-order valence-corrected chi connectivity index (χ4v) is 5.32. The molecule has 0 saturated heterocycles. The van der Waals surface area contributed by atoms with Crippen molar-refractivity contribution >= 4 is 17.1 Å². The quantitative estimate of drug-likeness (QED) is 0.805. The molecule has 8 heteroatoms. The molecule has 0 aliphatic heterocycles. The number of hydrogen-bond donors (Lipinski definition) is 1. The first-order chi connectivity index (χ1) is 13.4. The van der Waals surface area contributed by atoms with E-state index in [9.17, 15) is 14.4 Å². The van der Waals surface area contributed by atoms with Gasteiger partial charge in [0.1, 0.15) is 0 Å². The monoisotopic (exact) mass is 387 g/mol. The molecular weight excluding hydrogens is 358 g/mol. The number of imidazole rings is 1. The number of amides is 1. The summed E-state index contributed by atoms with van der Waals surface area (Å²) in [7, 11) is 3.07. The second-order valence-electron chi connectivity index (χ2n) is 8.61. The van der Waals surface area contributed by atoms with E-state index in [1.165, 1.54) is 37.3 Å². The van der Waals surface area contributed by atoms with Gasteiger partial charge in [-0.25, -0.2) is 9.78 Å². The standard InChI is InChI=1S/C20H29N5O3/c1-12(15-10-13-6-7-14(15)9-13)22-16(26)5-4-8-25-11-21-18-17(25)19(27)24(3)20(28)23(18)2/h11-15H,4-10H2,1-3H3,(H,22,26). The number of carbonyl (C=O) groups excluding carboxylic acids is 1. The van der Waals surface area contributed by atoms with Gasteiger partial charge in [0.05, 0.1) is 6.33 Å². The lowest BCUT2D eigenvalue weighted by Gasteiger charge is -2.28. The van der Waals surface area contributed by atoms with Crippen molar-refractivity contribution in [2.24, 2.45) is 31.8 Å². The van der Waals surface area contributed by atoms with Crippen LogP contribution in [0.2, 0.25) is 0 Å². The number of carbonyl (C=O) groups is 1. The Kier molecular flexibility index (Phi) is 4.89. The lowest BCUT2D eigenvalue weighted by atomic mass is 9.84. The highest BCUT2D eigenvalue weighted by molar-refractivity contribution is 5.76. The lowest BCUT2D eigenvalue weighted by Crippen LogP contribution is -2.40. The molecule has 28 heavy (non-hydrogen) atoms. The minimum Gasteiger partial charge on any atom is -0.353 e. The summed E-state index contributed by atoms with van der Waals surface area (Å²) in [6.45, 7) is 2.65. The number of nitrogens with zero attached hydrogens (tertiary/aromatic N) is 4. The van der Waals surface area contributed by atoms with Crippen LogP contribution in [0, 0.1) is 17.8 Å². The maximum absolute atomic E-state index is 12.4. The van der Waals surface area contributed by atoms with Crippen LogP contribution in [-0.4, -0.2) is 30.6 Å². The first-order valence-corrected chi connectivity index (χ1v) is 10.3. The zero-order valence-corrected chi connectivity index (χ0v) is 16.9. The molecule has 2 bridgehead atoms. The molecule has 2 aliphatic carbocycles. The predicted molar refractivity (Wildman–Crippen MR) is 106 cm³/mol. The predicted octanol–water partition coefficient (Wildman–Crippen LogP) is 1.15. The SMILES string of the molecule is CC(NC(=O)CCCn1cnc2c1c(=O)n(C)c(=O)n2C)C1CC2CCC1C2. The molecule has 2 fully saturated rings. The summed E-state index contributed by atoms with van der Waals surface area (Å²) in [5.41, 5.74) is 0.0320. The van der Waals surface area contributed by atoms with Crippen LogP contribution in [0.15, 0.2) is 15.9 Å². The Hall–Kier alpha value is -2.38. The fourth-order valence-electron chi connectivity index (χ4n) is 5.32. The zero-order valence-electron chi connectivity index (χ0n) is 16.9. The van der Waals surface area contributed by atoms with E-state index in [4.69, 9.17) is 0 Å². The molecule has 2 aromatic heterocycles. The van der Waals surface area contributed by atoms with Crippen LogP contribution in [0.5, 0.6) is 0 Å². The van der Waals surface area contributed by atoms with Crippen molar-refractivity contribution in [1.29, 1.82) is 0 Å². The van der Waals surface area contributed by atoms with E-state index in [1.54, 1.807) is 17.9 Å². The molecule has 1 N–H and O–H groups in total. The summed E-state index contributed by atoms with van der Waals surface area (Å²) in [5, 5.41) is 3.19. The lowest BCUT2D eigenvalue weighted by molar-refractivity contribution is -0.122. The molecule has 1 amide bonds. The Bertz CT molecular complexity index is 1020. The Morgan fingerprint density at radius 3 is 2.71 bits per heavy atom. The van der Waals surface area contributed by atoms with Crippen LogP contribution < -0.4 is 16.6 Å². The fraction of sp³-hybridized carbons (Fsp3) is 0.700. The highest BCUT2D eigenvalue weighted by Crippen LogP contribution is 2.49. The van der Waals surface area contributed by atoms with Crippen molar-refractivity contribution < 1.29 is 4.79 Å². The molecule has 2 aromatic rings. The molecule has 2 saturated carbocycles. The molecule has 0 spiro atoms. The number of aryl methyl sites for hydroxylation is 2. The first-order valence-electron chi connectivity index (χ1n) is 10.3. The van der Waals surface area contributed by atoms with E-state index < -0.39 is 5.69 Å². The smallest absolute Gasteiger partial charge is 0.332 e. The highest BCUT2D eigenvalue weighted by Gasteiger charge is 2.42. The van der Waals surface area contributed by atoms with Crippen molar-refractivity contribution in [3.8, 4) is 0 Å². The third kappa shape index (κ3) is 3.18. The van der Waals surface area contributed by atoms with Crippen LogP contribution >= 0.6 is 0 Å². The van der Waals surface area contributed by atoms with Gasteiger partial charge in [-0.1, -0.05) is 6.42 Å². The average molecular weight is 387 g/mol. The maximum atomic E-state index is 12.4.